The molecule has 0 aromatic heterocycles. The third-order valence-electron chi connectivity index (χ3n) is 2.14. The van der Waals surface area contributed by atoms with Crippen molar-refractivity contribution in [3.8, 4) is 5.75 Å². The van der Waals surface area contributed by atoms with Gasteiger partial charge in [0.1, 0.15) is 11.6 Å². The number of benzene rings is 1. The van der Waals surface area contributed by atoms with E-state index in [-0.39, 0.29) is 16.9 Å². The average Bonchev–Trinajstić information content (AvgIpc) is 2.18. The number of rotatable bonds is 1. The third kappa shape index (κ3) is 2.19. The maximum atomic E-state index is 13.0. The summed E-state index contributed by atoms with van der Waals surface area (Å²) in [6.45, 7) is 0.953. The summed E-state index contributed by atoms with van der Waals surface area (Å²) >= 11 is 1.74. The molecule has 0 saturated carbocycles. The van der Waals surface area contributed by atoms with E-state index in [0.29, 0.717) is 0 Å². The van der Waals surface area contributed by atoms with Gasteiger partial charge < -0.3 is 10.4 Å². The smallest absolute Gasteiger partial charge is 0.127 e. The molecular weight excluding hydrogens is 201 g/mol. The highest BCUT2D eigenvalue weighted by Gasteiger charge is 2.16. The number of aromatic hydroxyl groups is 1. The van der Waals surface area contributed by atoms with Crippen LogP contribution >= 0.6 is 11.8 Å². The fourth-order valence-corrected chi connectivity index (χ4v) is 2.64. The molecule has 1 unspecified atom stereocenters. The zero-order chi connectivity index (χ0) is 9.97. The maximum Gasteiger partial charge on any atom is 0.127 e. The molecule has 1 heterocycles. The van der Waals surface area contributed by atoms with E-state index >= 15 is 0 Å². The summed E-state index contributed by atoms with van der Waals surface area (Å²) in [7, 11) is 0. The number of nitrogens with one attached hydrogen (secondary N) is 1. The molecular formula is C10H12FNOS. The van der Waals surface area contributed by atoms with Gasteiger partial charge in [0, 0.05) is 6.07 Å². The van der Waals surface area contributed by atoms with Crippen LogP contribution in [0.15, 0.2) is 18.2 Å². The first-order valence-electron chi connectivity index (χ1n) is 4.60. The van der Waals surface area contributed by atoms with Gasteiger partial charge in [0.15, 0.2) is 0 Å². The van der Waals surface area contributed by atoms with Crippen LogP contribution < -0.4 is 5.32 Å². The van der Waals surface area contributed by atoms with Gasteiger partial charge in [0.25, 0.3) is 0 Å². The zero-order valence-electron chi connectivity index (χ0n) is 7.66. The van der Waals surface area contributed by atoms with Crippen LogP contribution in [0.3, 0.4) is 0 Å². The van der Waals surface area contributed by atoms with Crippen molar-refractivity contribution in [2.45, 2.75) is 11.8 Å². The summed E-state index contributed by atoms with van der Waals surface area (Å²) in [6, 6.07) is 4.20. The van der Waals surface area contributed by atoms with Crippen LogP contribution in [0.1, 0.15) is 17.4 Å². The zero-order valence-corrected chi connectivity index (χ0v) is 8.48. The van der Waals surface area contributed by atoms with Gasteiger partial charge in [-0.05, 0) is 36.4 Å². The molecule has 76 valence electrons. The lowest BCUT2D eigenvalue weighted by molar-refractivity contribution is 0.467. The highest BCUT2D eigenvalue weighted by molar-refractivity contribution is 7.99. The molecule has 1 aliphatic heterocycles. The summed E-state index contributed by atoms with van der Waals surface area (Å²) in [6.07, 6.45) is 1.14. The summed E-state index contributed by atoms with van der Waals surface area (Å²) in [4.78, 5) is 0. The molecule has 1 aromatic rings. The maximum absolute atomic E-state index is 13.0. The second-order valence-corrected chi connectivity index (χ2v) is 4.51. The molecule has 1 fully saturated rings. The Hall–Kier alpha value is -0.740. The molecule has 2 N–H and O–H groups in total. The normalized spacial score (nSPS) is 22.2. The van der Waals surface area contributed by atoms with E-state index in [9.17, 15) is 9.50 Å². The quantitative estimate of drug-likeness (QED) is 0.750. The predicted octanol–water partition coefficient (Wildman–Crippen LogP) is 2.26. The molecule has 4 heteroatoms. The van der Waals surface area contributed by atoms with Gasteiger partial charge in [0.2, 0.25) is 0 Å². The van der Waals surface area contributed by atoms with Crippen molar-refractivity contribution in [3.05, 3.63) is 29.6 Å². The predicted molar refractivity (Wildman–Crippen MR) is 55.9 cm³/mol. The second kappa shape index (κ2) is 4.19. The summed E-state index contributed by atoms with van der Waals surface area (Å²) in [5.41, 5.74) is 0.812. The highest BCUT2D eigenvalue weighted by atomic mass is 32.2. The fourth-order valence-electron chi connectivity index (χ4n) is 1.53. The van der Waals surface area contributed by atoms with Crippen LogP contribution in [-0.2, 0) is 0 Å². The van der Waals surface area contributed by atoms with E-state index in [2.05, 4.69) is 5.32 Å². The Bertz CT molecular complexity index is 306. The molecule has 0 amide bonds. The molecule has 2 rings (SSSR count). The van der Waals surface area contributed by atoms with Crippen molar-refractivity contribution in [1.82, 2.24) is 5.32 Å². The SMILES string of the molecule is Oc1cc(F)cc(C2NCCCS2)c1. The molecule has 1 atom stereocenters. The number of hydrogen-bond acceptors (Lipinski definition) is 3. The van der Waals surface area contributed by atoms with E-state index in [1.54, 1.807) is 17.8 Å². The number of phenols is 1. The Labute approximate surface area is 86.5 Å². The van der Waals surface area contributed by atoms with Gasteiger partial charge in [-0.15, -0.1) is 11.8 Å². The number of thioether (sulfide) groups is 1. The average molecular weight is 213 g/mol. The van der Waals surface area contributed by atoms with Gasteiger partial charge in [-0.2, -0.15) is 0 Å². The van der Waals surface area contributed by atoms with Crippen LogP contribution in [0.2, 0.25) is 0 Å². The van der Waals surface area contributed by atoms with Crippen molar-refractivity contribution in [2.75, 3.05) is 12.3 Å². The van der Waals surface area contributed by atoms with E-state index in [1.165, 1.54) is 6.07 Å². The van der Waals surface area contributed by atoms with Gasteiger partial charge in [0.05, 0.1) is 5.37 Å². The van der Waals surface area contributed by atoms with E-state index in [4.69, 9.17) is 0 Å². The lowest BCUT2D eigenvalue weighted by Gasteiger charge is -2.23. The molecule has 2 nitrogen and oxygen atoms in total. The second-order valence-electron chi connectivity index (χ2n) is 3.30. The number of hydrogen-bond donors (Lipinski definition) is 2. The minimum atomic E-state index is -0.382. The minimum Gasteiger partial charge on any atom is -0.508 e. The summed E-state index contributed by atoms with van der Waals surface area (Å²) in [5, 5.41) is 12.6. The lowest BCUT2D eigenvalue weighted by atomic mass is 10.2. The Morgan fingerprint density at radius 1 is 1.43 bits per heavy atom. The lowest BCUT2D eigenvalue weighted by Crippen LogP contribution is -2.25. The van der Waals surface area contributed by atoms with E-state index in [1.807, 2.05) is 0 Å². The number of phenolic OH excluding ortho intramolecular Hbond substituents is 1. The van der Waals surface area contributed by atoms with Crippen LogP contribution in [0.5, 0.6) is 5.75 Å². The van der Waals surface area contributed by atoms with Crippen molar-refractivity contribution >= 4 is 11.8 Å². The molecule has 1 aliphatic rings. The number of halogens is 1. The van der Waals surface area contributed by atoms with Gasteiger partial charge >= 0.3 is 0 Å². The molecule has 1 saturated heterocycles. The highest BCUT2D eigenvalue weighted by Crippen LogP contribution is 2.31. The Kier molecular flexibility index (Phi) is 2.93. The van der Waals surface area contributed by atoms with E-state index in [0.717, 1.165) is 30.3 Å². The first-order chi connectivity index (χ1) is 6.75. The molecule has 0 radical (unpaired) electrons. The first kappa shape index (κ1) is 9.80. The molecule has 0 aliphatic carbocycles. The first-order valence-corrected chi connectivity index (χ1v) is 5.65. The van der Waals surface area contributed by atoms with Crippen molar-refractivity contribution in [1.29, 1.82) is 0 Å². The Morgan fingerprint density at radius 3 is 2.93 bits per heavy atom. The standard InChI is InChI=1S/C10H12FNOS/c11-8-4-7(5-9(13)6-8)10-12-2-1-3-14-10/h4-6,10,12-13H,1-3H2. The van der Waals surface area contributed by atoms with Crippen LogP contribution in [0.4, 0.5) is 4.39 Å². The van der Waals surface area contributed by atoms with Crippen LogP contribution in [-0.4, -0.2) is 17.4 Å². The third-order valence-corrected chi connectivity index (χ3v) is 3.44. The summed E-state index contributed by atoms with van der Waals surface area (Å²) < 4.78 is 13.0. The van der Waals surface area contributed by atoms with Crippen molar-refractivity contribution in [2.24, 2.45) is 0 Å². The molecule has 1 aromatic carbocycles. The molecule has 14 heavy (non-hydrogen) atoms. The fraction of sp³-hybridized carbons (Fsp3) is 0.400. The van der Waals surface area contributed by atoms with Crippen LogP contribution in [0, 0.1) is 5.82 Å². The topological polar surface area (TPSA) is 32.3 Å². The van der Waals surface area contributed by atoms with Gasteiger partial charge in [-0.3, -0.25) is 0 Å². The minimum absolute atomic E-state index is 0.00651. The Morgan fingerprint density at radius 2 is 2.29 bits per heavy atom. The van der Waals surface area contributed by atoms with Gasteiger partial charge in [-0.1, -0.05) is 0 Å². The molecule has 0 bridgehead atoms. The summed E-state index contributed by atoms with van der Waals surface area (Å²) in [5.74, 6) is 0.690. The van der Waals surface area contributed by atoms with Crippen molar-refractivity contribution < 1.29 is 9.50 Å². The van der Waals surface area contributed by atoms with E-state index < -0.39 is 0 Å². The van der Waals surface area contributed by atoms with Gasteiger partial charge in [-0.25, -0.2) is 4.39 Å². The monoisotopic (exact) mass is 213 g/mol. The van der Waals surface area contributed by atoms with Crippen molar-refractivity contribution in [3.63, 3.8) is 0 Å². The van der Waals surface area contributed by atoms with Crippen LogP contribution in [0.25, 0.3) is 0 Å². The molecule has 0 spiro atoms. The largest absolute Gasteiger partial charge is 0.508 e. The Balaban J connectivity index is 2.21.